The van der Waals surface area contributed by atoms with Crippen LogP contribution < -0.4 is 0 Å². The maximum Gasteiger partial charge on any atom is 0.223 e. The molecule has 2 rings (SSSR count). The molecule has 0 aliphatic carbocycles. The van der Waals surface area contributed by atoms with Gasteiger partial charge in [-0.05, 0) is 26.0 Å². The van der Waals surface area contributed by atoms with E-state index in [4.69, 9.17) is 4.52 Å². The van der Waals surface area contributed by atoms with Crippen molar-refractivity contribution in [3.63, 3.8) is 0 Å². The topological polar surface area (TPSA) is 38.9 Å². The normalized spacial score (nSPS) is 10.5. The van der Waals surface area contributed by atoms with Gasteiger partial charge in [0.2, 0.25) is 11.7 Å². The minimum Gasteiger partial charge on any atom is -0.339 e. The van der Waals surface area contributed by atoms with Crippen LogP contribution in [0.15, 0.2) is 22.7 Å². The first-order chi connectivity index (χ1) is 6.65. The Balaban J connectivity index is 2.51. The Morgan fingerprint density at radius 1 is 1.00 bits per heavy atom. The molecule has 0 aliphatic heterocycles. The van der Waals surface area contributed by atoms with Crippen molar-refractivity contribution in [3.05, 3.63) is 35.2 Å². The van der Waals surface area contributed by atoms with Gasteiger partial charge in [-0.1, -0.05) is 22.3 Å². The van der Waals surface area contributed by atoms with E-state index in [2.05, 4.69) is 42.2 Å². The number of aryl methyl sites for hydroxylation is 3. The minimum atomic E-state index is 0.596. The Morgan fingerprint density at radius 3 is 2.14 bits per heavy atom. The summed E-state index contributed by atoms with van der Waals surface area (Å²) in [5.41, 5.74) is 3.43. The van der Waals surface area contributed by atoms with Crippen LogP contribution in [-0.2, 0) is 0 Å². The summed E-state index contributed by atoms with van der Waals surface area (Å²) in [6.07, 6.45) is 0. The van der Waals surface area contributed by atoms with Gasteiger partial charge < -0.3 is 4.52 Å². The molecule has 0 atom stereocenters. The smallest absolute Gasteiger partial charge is 0.223 e. The second-order valence-corrected chi connectivity index (χ2v) is 3.51. The van der Waals surface area contributed by atoms with E-state index in [1.54, 1.807) is 6.92 Å². The third-order valence-electron chi connectivity index (χ3n) is 2.01. The zero-order chi connectivity index (χ0) is 10.1. The molecule has 0 amide bonds. The summed E-state index contributed by atoms with van der Waals surface area (Å²) in [5, 5.41) is 3.88. The highest BCUT2D eigenvalue weighted by Gasteiger charge is 2.05. The van der Waals surface area contributed by atoms with Crippen LogP contribution in [0.25, 0.3) is 11.4 Å². The zero-order valence-corrected chi connectivity index (χ0v) is 8.53. The Labute approximate surface area is 82.8 Å². The summed E-state index contributed by atoms with van der Waals surface area (Å²) in [5.74, 6) is 1.26. The summed E-state index contributed by atoms with van der Waals surface area (Å²) < 4.78 is 4.94. The summed E-state index contributed by atoms with van der Waals surface area (Å²) in [6.45, 7) is 5.91. The first-order valence-electron chi connectivity index (χ1n) is 4.54. The summed E-state index contributed by atoms with van der Waals surface area (Å²) in [7, 11) is 0. The molecule has 0 unspecified atom stereocenters. The van der Waals surface area contributed by atoms with Crippen molar-refractivity contribution in [2.45, 2.75) is 20.8 Å². The summed E-state index contributed by atoms with van der Waals surface area (Å²) in [4.78, 5) is 4.19. The van der Waals surface area contributed by atoms with E-state index in [9.17, 15) is 0 Å². The van der Waals surface area contributed by atoms with Crippen LogP contribution in [0.4, 0.5) is 0 Å². The summed E-state index contributed by atoms with van der Waals surface area (Å²) in [6, 6.07) is 6.23. The number of hydrogen-bond acceptors (Lipinski definition) is 3. The van der Waals surface area contributed by atoms with Crippen LogP contribution in [0.3, 0.4) is 0 Å². The standard InChI is InChI=1S/C11H12N2O/c1-7-4-8(2)6-10(5-7)11-12-9(3)14-13-11/h4-6H,1-3H3. The highest BCUT2D eigenvalue weighted by molar-refractivity contribution is 5.56. The van der Waals surface area contributed by atoms with Crippen LogP contribution >= 0.6 is 0 Å². The van der Waals surface area contributed by atoms with Gasteiger partial charge in [0.25, 0.3) is 0 Å². The lowest BCUT2D eigenvalue weighted by Crippen LogP contribution is -1.84. The number of benzene rings is 1. The number of hydrogen-bond donors (Lipinski definition) is 0. The Kier molecular flexibility index (Phi) is 2.08. The van der Waals surface area contributed by atoms with Gasteiger partial charge >= 0.3 is 0 Å². The molecule has 0 aliphatic rings. The van der Waals surface area contributed by atoms with E-state index >= 15 is 0 Å². The van der Waals surface area contributed by atoms with Crippen molar-refractivity contribution in [2.75, 3.05) is 0 Å². The maximum atomic E-state index is 4.94. The van der Waals surface area contributed by atoms with E-state index in [0.717, 1.165) is 5.56 Å². The van der Waals surface area contributed by atoms with E-state index in [1.807, 2.05) is 0 Å². The van der Waals surface area contributed by atoms with Crippen LogP contribution in [0, 0.1) is 20.8 Å². The number of nitrogens with zero attached hydrogens (tertiary/aromatic N) is 2. The molecule has 2 aromatic rings. The average molecular weight is 188 g/mol. The fourth-order valence-electron chi connectivity index (χ4n) is 1.52. The molecule has 0 radical (unpaired) electrons. The lowest BCUT2D eigenvalue weighted by molar-refractivity contribution is 0.394. The van der Waals surface area contributed by atoms with Gasteiger partial charge in [-0.25, -0.2) is 0 Å². The molecule has 1 aromatic carbocycles. The van der Waals surface area contributed by atoms with E-state index in [-0.39, 0.29) is 0 Å². The van der Waals surface area contributed by atoms with Crippen LogP contribution in [-0.4, -0.2) is 10.1 Å². The molecule has 72 valence electrons. The van der Waals surface area contributed by atoms with Crippen molar-refractivity contribution >= 4 is 0 Å². The quantitative estimate of drug-likeness (QED) is 0.690. The molecule has 0 fully saturated rings. The Bertz CT molecular complexity index is 440. The van der Waals surface area contributed by atoms with Crippen molar-refractivity contribution in [2.24, 2.45) is 0 Å². The third kappa shape index (κ3) is 1.66. The molecular formula is C11H12N2O. The molecule has 3 heteroatoms. The molecule has 0 bridgehead atoms. The largest absolute Gasteiger partial charge is 0.339 e. The average Bonchev–Trinajstić information content (AvgIpc) is 2.50. The molecule has 1 heterocycles. The van der Waals surface area contributed by atoms with Gasteiger partial charge in [-0.2, -0.15) is 4.98 Å². The fraction of sp³-hybridized carbons (Fsp3) is 0.273. The molecule has 3 nitrogen and oxygen atoms in total. The summed E-state index contributed by atoms with van der Waals surface area (Å²) >= 11 is 0. The van der Waals surface area contributed by atoms with E-state index in [0.29, 0.717) is 11.7 Å². The first-order valence-corrected chi connectivity index (χ1v) is 4.54. The van der Waals surface area contributed by atoms with Gasteiger partial charge in [0.15, 0.2) is 0 Å². The molecular weight excluding hydrogens is 176 g/mol. The first kappa shape index (κ1) is 8.94. The van der Waals surface area contributed by atoms with Crippen molar-refractivity contribution in [1.82, 2.24) is 10.1 Å². The maximum absolute atomic E-state index is 4.94. The van der Waals surface area contributed by atoms with Crippen LogP contribution in [0.2, 0.25) is 0 Å². The van der Waals surface area contributed by atoms with Crippen LogP contribution in [0.5, 0.6) is 0 Å². The lowest BCUT2D eigenvalue weighted by atomic mass is 10.1. The highest BCUT2D eigenvalue weighted by atomic mass is 16.5. The minimum absolute atomic E-state index is 0.596. The predicted molar refractivity (Wildman–Crippen MR) is 53.9 cm³/mol. The molecule has 1 aromatic heterocycles. The van der Waals surface area contributed by atoms with Gasteiger partial charge in [-0.15, -0.1) is 0 Å². The Hall–Kier alpha value is -1.64. The second kappa shape index (κ2) is 3.25. The van der Waals surface area contributed by atoms with E-state index < -0.39 is 0 Å². The number of rotatable bonds is 1. The number of aromatic nitrogens is 2. The zero-order valence-electron chi connectivity index (χ0n) is 8.53. The van der Waals surface area contributed by atoms with Crippen LogP contribution in [0.1, 0.15) is 17.0 Å². The Morgan fingerprint density at radius 2 is 1.64 bits per heavy atom. The van der Waals surface area contributed by atoms with Gasteiger partial charge in [-0.3, -0.25) is 0 Å². The van der Waals surface area contributed by atoms with Crippen molar-refractivity contribution < 1.29 is 4.52 Å². The highest BCUT2D eigenvalue weighted by Crippen LogP contribution is 2.18. The molecule has 14 heavy (non-hydrogen) atoms. The predicted octanol–water partition coefficient (Wildman–Crippen LogP) is 2.66. The lowest BCUT2D eigenvalue weighted by Gasteiger charge is -1.99. The molecule has 0 saturated heterocycles. The monoisotopic (exact) mass is 188 g/mol. The second-order valence-electron chi connectivity index (χ2n) is 3.51. The van der Waals surface area contributed by atoms with E-state index in [1.165, 1.54) is 11.1 Å². The molecule has 0 saturated carbocycles. The molecule has 0 N–H and O–H groups in total. The van der Waals surface area contributed by atoms with Crippen molar-refractivity contribution in [3.8, 4) is 11.4 Å². The molecule has 0 spiro atoms. The SMILES string of the molecule is Cc1cc(C)cc(-c2noc(C)n2)c1. The fourth-order valence-corrected chi connectivity index (χ4v) is 1.52. The van der Waals surface area contributed by atoms with Crippen molar-refractivity contribution in [1.29, 1.82) is 0 Å². The van der Waals surface area contributed by atoms with Gasteiger partial charge in [0.1, 0.15) is 0 Å². The van der Waals surface area contributed by atoms with Gasteiger partial charge in [0, 0.05) is 12.5 Å². The van der Waals surface area contributed by atoms with Gasteiger partial charge in [0.05, 0.1) is 0 Å². The third-order valence-corrected chi connectivity index (χ3v) is 2.01.